The molecule has 136 valence electrons. The second-order valence-corrected chi connectivity index (χ2v) is 5.96. The highest BCUT2D eigenvalue weighted by Gasteiger charge is 2.11. The third-order valence-electron chi connectivity index (χ3n) is 3.63. The van der Waals surface area contributed by atoms with Crippen molar-refractivity contribution < 1.29 is 14.1 Å². The van der Waals surface area contributed by atoms with Crippen LogP contribution < -0.4 is 5.32 Å². The first-order valence-electron chi connectivity index (χ1n) is 8.06. The number of hydrogen-bond acceptors (Lipinski definition) is 6. The molecule has 0 fully saturated rings. The Bertz CT molecular complexity index is 1020. The summed E-state index contributed by atoms with van der Waals surface area (Å²) in [6.07, 6.45) is 2.70. The number of carbonyl (C=O) groups excluding carboxylic acids is 1. The Morgan fingerprint density at radius 1 is 1.15 bits per heavy atom. The van der Waals surface area contributed by atoms with Gasteiger partial charge in [0.2, 0.25) is 5.89 Å². The van der Waals surface area contributed by atoms with E-state index in [1.165, 1.54) is 24.3 Å². The van der Waals surface area contributed by atoms with Crippen LogP contribution in [0.25, 0.3) is 17.5 Å². The number of rotatable bonds is 5. The molecular formula is C19H16N4O4. The summed E-state index contributed by atoms with van der Waals surface area (Å²) in [4.78, 5) is 22.3. The molecule has 2 aromatic carbocycles. The van der Waals surface area contributed by atoms with Crippen LogP contribution in [0, 0.1) is 24.0 Å². The van der Waals surface area contributed by atoms with E-state index in [0.717, 1.165) is 16.7 Å². The largest absolute Gasteiger partial charge is 0.403 e. The van der Waals surface area contributed by atoms with Gasteiger partial charge in [0.05, 0.1) is 4.92 Å². The molecule has 0 unspecified atom stereocenters. The second-order valence-electron chi connectivity index (χ2n) is 5.96. The monoisotopic (exact) mass is 364 g/mol. The van der Waals surface area contributed by atoms with E-state index in [1.54, 1.807) is 12.1 Å². The van der Waals surface area contributed by atoms with Crippen molar-refractivity contribution >= 4 is 23.7 Å². The smallest absolute Gasteiger partial charge is 0.322 e. The predicted molar refractivity (Wildman–Crippen MR) is 100.0 cm³/mol. The summed E-state index contributed by atoms with van der Waals surface area (Å²) >= 11 is 0. The standard InChI is InChI=1S/C19H16N4O4/c1-12-8-13(2)10-15(9-12)18-21-22-19(27-18)20-17(24)7-6-14-4-3-5-16(11-14)23(25)26/h3-11H,1-2H3,(H,20,22,24)/b7-6+. The molecule has 0 spiro atoms. The van der Waals surface area contributed by atoms with Crippen LogP contribution >= 0.6 is 0 Å². The highest BCUT2D eigenvalue weighted by atomic mass is 16.6. The van der Waals surface area contributed by atoms with E-state index >= 15 is 0 Å². The first kappa shape index (κ1) is 18.0. The molecule has 8 heteroatoms. The van der Waals surface area contributed by atoms with Crippen molar-refractivity contribution in [2.75, 3.05) is 5.32 Å². The van der Waals surface area contributed by atoms with Gasteiger partial charge < -0.3 is 4.42 Å². The molecule has 0 saturated heterocycles. The lowest BCUT2D eigenvalue weighted by Crippen LogP contribution is -2.07. The Kier molecular flexibility index (Phi) is 5.07. The average molecular weight is 364 g/mol. The molecule has 0 saturated carbocycles. The molecular weight excluding hydrogens is 348 g/mol. The third-order valence-corrected chi connectivity index (χ3v) is 3.63. The third kappa shape index (κ3) is 4.63. The molecule has 0 aliphatic carbocycles. The summed E-state index contributed by atoms with van der Waals surface area (Å²) < 4.78 is 5.48. The van der Waals surface area contributed by atoms with Crippen LogP contribution in [-0.2, 0) is 4.79 Å². The lowest BCUT2D eigenvalue weighted by Gasteiger charge is -2.00. The van der Waals surface area contributed by atoms with Gasteiger partial charge in [-0.3, -0.25) is 20.2 Å². The second kappa shape index (κ2) is 7.61. The van der Waals surface area contributed by atoms with Crippen LogP contribution in [0.2, 0.25) is 0 Å². The fourth-order valence-electron chi connectivity index (χ4n) is 2.55. The van der Waals surface area contributed by atoms with Gasteiger partial charge in [0.25, 0.3) is 11.6 Å². The van der Waals surface area contributed by atoms with Gasteiger partial charge in [-0.25, -0.2) is 0 Å². The maximum absolute atomic E-state index is 12.0. The molecule has 0 bridgehead atoms. The summed E-state index contributed by atoms with van der Waals surface area (Å²) in [6.45, 7) is 3.93. The van der Waals surface area contributed by atoms with Gasteiger partial charge in [-0.15, -0.1) is 5.10 Å². The molecule has 3 rings (SSSR count). The minimum atomic E-state index is -0.496. The summed E-state index contributed by atoms with van der Waals surface area (Å²) in [6, 6.07) is 11.8. The van der Waals surface area contributed by atoms with Crippen molar-refractivity contribution in [3.63, 3.8) is 0 Å². The van der Waals surface area contributed by atoms with Crippen molar-refractivity contribution in [1.29, 1.82) is 0 Å². The molecule has 1 aromatic heterocycles. The highest BCUT2D eigenvalue weighted by Crippen LogP contribution is 2.22. The SMILES string of the molecule is Cc1cc(C)cc(-c2nnc(NC(=O)/C=C/c3cccc([N+](=O)[O-])c3)o2)c1. The van der Waals surface area contributed by atoms with E-state index in [1.807, 2.05) is 32.0 Å². The quantitative estimate of drug-likeness (QED) is 0.417. The number of amides is 1. The van der Waals surface area contributed by atoms with Gasteiger partial charge >= 0.3 is 6.01 Å². The number of aromatic nitrogens is 2. The van der Waals surface area contributed by atoms with Crippen molar-refractivity contribution in [3.05, 3.63) is 75.3 Å². The van der Waals surface area contributed by atoms with Gasteiger partial charge in [0, 0.05) is 23.8 Å². The molecule has 1 N–H and O–H groups in total. The zero-order valence-corrected chi connectivity index (χ0v) is 14.7. The van der Waals surface area contributed by atoms with E-state index in [-0.39, 0.29) is 11.7 Å². The first-order chi connectivity index (χ1) is 12.9. The van der Waals surface area contributed by atoms with Crippen LogP contribution in [0.15, 0.2) is 53.0 Å². The number of hydrogen-bond donors (Lipinski definition) is 1. The Morgan fingerprint density at radius 3 is 2.59 bits per heavy atom. The minimum Gasteiger partial charge on any atom is -0.403 e. The molecule has 3 aromatic rings. The van der Waals surface area contributed by atoms with Gasteiger partial charge in [-0.2, -0.15) is 0 Å². The summed E-state index contributed by atoms with van der Waals surface area (Å²) in [7, 11) is 0. The topological polar surface area (TPSA) is 111 Å². The zero-order chi connectivity index (χ0) is 19.4. The number of carbonyl (C=O) groups is 1. The maximum atomic E-state index is 12.0. The molecule has 0 aliphatic rings. The van der Waals surface area contributed by atoms with E-state index in [4.69, 9.17) is 4.42 Å². The molecule has 8 nitrogen and oxygen atoms in total. The molecule has 0 atom stereocenters. The number of nitro groups is 1. The minimum absolute atomic E-state index is 0.0298. The molecule has 1 amide bonds. The van der Waals surface area contributed by atoms with Gasteiger partial charge in [0.1, 0.15) is 0 Å². The van der Waals surface area contributed by atoms with Crippen LogP contribution in [0.4, 0.5) is 11.7 Å². The van der Waals surface area contributed by atoms with Crippen molar-refractivity contribution in [1.82, 2.24) is 10.2 Å². The molecule has 1 heterocycles. The molecule has 0 radical (unpaired) electrons. The fraction of sp³-hybridized carbons (Fsp3) is 0.105. The fourth-order valence-corrected chi connectivity index (χ4v) is 2.55. The van der Waals surface area contributed by atoms with E-state index < -0.39 is 10.8 Å². The van der Waals surface area contributed by atoms with Crippen molar-refractivity contribution in [3.8, 4) is 11.5 Å². The van der Waals surface area contributed by atoms with Crippen LogP contribution in [-0.4, -0.2) is 21.0 Å². The number of nitrogens with zero attached hydrogens (tertiary/aromatic N) is 3. The summed E-state index contributed by atoms with van der Waals surface area (Å²) in [5.41, 5.74) is 3.38. The molecule has 0 aliphatic heterocycles. The highest BCUT2D eigenvalue weighted by molar-refractivity contribution is 6.00. The number of non-ortho nitro benzene ring substituents is 1. The van der Waals surface area contributed by atoms with Crippen LogP contribution in [0.5, 0.6) is 0 Å². The van der Waals surface area contributed by atoms with Crippen molar-refractivity contribution in [2.24, 2.45) is 0 Å². The van der Waals surface area contributed by atoms with Gasteiger partial charge in [0.15, 0.2) is 0 Å². The zero-order valence-electron chi connectivity index (χ0n) is 14.7. The Hall–Kier alpha value is -3.81. The average Bonchev–Trinajstić information content (AvgIpc) is 3.08. The normalized spacial score (nSPS) is 10.9. The number of benzene rings is 2. The number of nitrogens with one attached hydrogen (secondary N) is 1. The van der Waals surface area contributed by atoms with E-state index in [0.29, 0.717) is 11.5 Å². The number of anilines is 1. The van der Waals surface area contributed by atoms with Crippen LogP contribution in [0.1, 0.15) is 16.7 Å². The number of nitro benzene ring substituents is 1. The Labute approximate surface area is 154 Å². The lowest BCUT2D eigenvalue weighted by molar-refractivity contribution is -0.384. The molecule has 27 heavy (non-hydrogen) atoms. The number of aryl methyl sites for hydroxylation is 2. The van der Waals surface area contributed by atoms with E-state index in [2.05, 4.69) is 15.5 Å². The Morgan fingerprint density at radius 2 is 1.89 bits per heavy atom. The first-order valence-corrected chi connectivity index (χ1v) is 8.06. The maximum Gasteiger partial charge on any atom is 0.322 e. The summed E-state index contributed by atoms with van der Waals surface area (Å²) in [5.74, 6) is -0.183. The predicted octanol–water partition coefficient (Wildman–Crippen LogP) is 3.91. The van der Waals surface area contributed by atoms with Gasteiger partial charge in [-0.05, 0) is 37.6 Å². The van der Waals surface area contributed by atoms with Crippen molar-refractivity contribution in [2.45, 2.75) is 13.8 Å². The Balaban J connectivity index is 1.69. The van der Waals surface area contributed by atoms with Gasteiger partial charge in [-0.1, -0.05) is 34.4 Å². The summed E-state index contributed by atoms with van der Waals surface area (Å²) in [5, 5.41) is 21.0. The lowest BCUT2D eigenvalue weighted by atomic mass is 10.1. The van der Waals surface area contributed by atoms with Crippen LogP contribution in [0.3, 0.4) is 0 Å². The van der Waals surface area contributed by atoms with E-state index in [9.17, 15) is 14.9 Å².